The van der Waals surface area contributed by atoms with Crippen LogP contribution in [0.2, 0.25) is 10.0 Å². The molecular weight excluding hydrogens is 413 g/mol. The van der Waals surface area contributed by atoms with E-state index in [0.29, 0.717) is 26.6 Å². The van der Waals surface area contributed by atoms with Crippen molar-refractivity contribution in [3.63, 3.8) is 0 Å². The number of hydrogen-bond acceptors (Lipinski definition) is 3. The van der Waals surface area contributed by atoms with Crippen molar-refractivity contribution in [2.45, 2.75) is 16.7 Å². The maximum absolute atomic E-state index is 13.4. The molecule has 1 aromatic heterocycles. The standard InChI is InChI=1S/C22H15Cl2NO2S/c1-14-2-9-18(10-3-14)28(26,27)22-13-21(15-4-6-16(23)7-5-15)25-20-11-8-17(24)12-19(20)22/h2-13H,1H3. The minimum absolute atomic E-state index is 0.175. The molecule has 0 bridgehead atoms. The molecule has 0 radical (unpaired) electrons. The number of fused-ring (bicyclic) bond motifs is 1. The number of nitrogens with zero attached hydrogens (tertiary/aromatic N) is 1. The van der Waals surface area contributed by atoms with Crippen molar-refractivity contribution in [1.82, 2.24) is 4.98 Å². The number of hydrogen-bond donors (Lipinski definition) is 0. The number of rotatable bonds is 3. The summed E-state index contributed by atoms with van der Waals surface area (Å²) in [6, 6.07) is 20.6. The second-order valence-electron chi connectivity index (χ2n) is 6.49. The summed E-state index contributed by atoms with van der Waals surface area (Å²) in [4.78, 5) is 5.04. The van der Waals surface area contributed by atoms with Gasteiger partial charge in [0.15, 0.2) is 0 Å². The van der Waals surface area contributed by atoms with Gasteiger partial charge < -0.3 is 0 Å². The van der Waals surface area contributed by atoms with Crippen molar-refractivity contribution in [3.05, 3.63) is 88.4 Å². The Hall–Kier alpha value is -2.40. The van der Waals surface area contributed by atoms with E-state index < -0.39 is 9.84 Å². The van der Waals surface area contributed by atoms with E-state index in [1.807, 2.05) is 19.1 Å². The van der Waals surface area contributed by atoms with Crippen LogP contribution in [0.5, 0.6) is 0 Å². The molecule has 6 heteroatoms. The number of benzene rings is 3. The first-order valence-electron chi connectivity index (χ1n) is 8.52. The third kappa shape index (κ3) is 3.51. The number of sulfone groups is 1. The lowest BCUT2D eigenvalue weighted by atomic mass is 10.1. The first-order valence-corrected chi connectivity index (χ1v) is 10.8. The minimum Gasteiger partial charge on any atom is -0.248 e. The smallest absolute Gasteiger partial charge is 0.207 e. The van der Waals surface area contributed by atoms with Crippen molar-refractivity contribution in [1.29, 1.82) is 0 Å². The normalized spacial score (nSPS) is 11.7. The fourth-order valence-electron chi connectivity index (χ4n) is 3.00. The van der Waals surface area contributed by atoms with Gasteiger partial charge in [0.25, 0.3) is 0 Å². The van der Waals surface area contributed by atoms with Crippen LogP contribution in [0, 0.1) is 6.92 Å². The SMILES string of the molecule is Cc1ccc(S(=O)(=O)c2cc(-c3ccc(Cl)cc3)nc3ccc(Cl)cc23)cc1. The van der Waals surface area contributed by atoms with Crippen LogP contribution < -0.4 is 0 Å². The molecule has 0 saturated heterocycles. The van der Waals surface area contributed by atoms with Gasteiger partial charge in [0.2, 0.25) is 9.84 Å². The lowest BCUT2D eigenvalue weighted by molar-refractivity contribution is 0.597. The molecule has 0 N–H and O–H groups in total. The first-order chi connectivity index (χ1) is 13.3. The summed E-state index contributed by atoms with van der Waals surface area (Å²) in [5, 5.41) is 1.54. The zero-order chi connectivity index (χ0) is 19.9. The van der Waals surface area contributed by atoms with Gasteiger partial charge in [0, 0.05) is 21.0 Å². The number of halogens is 2. The summed E-state index contributed by atoms with van der Waals surface area (Å²) in [6.07, 6.45) is 0. The van der Waals surface area contributed by atoms with Gasteiger partial charge in [-0.1, -0.05) is 53.0 Å². The molecule has 4 rings (SSSR count). The van der Waals surface area contributed by atoms with Gasteiger partial charge in [-0.15, -0.1) is 0 Å². The molecule has 0 amide bonds. The Morgan fingerprint density at radius 3 is 2.11 bits per heavy atom. The Balaban J connectivity index is 2.01. The average Bonchev–Trinajstić information content (AvgIpc) is 2.68. The highest BCUT2D eigenvalue weighted by Crippen LogP contribution is 2.33. The number of aryl methyl sites for hydroxylation is 1. The van der Waals surface area contributed by atoms with Crippen LogP contribution in [0.1, 0.15) is 5.56 Å². The fourth-order valence-corrected chi connectivity index (χ4v) is 4.77. The van der Waals surface area contributed by atoms with Gasteiger partial charge in [-0.25, -0.2) is 13.4 Å². The van der Waals surface area contributed by atoms with E-state index in [-0.39, 0.29) is 9.79 Å². The van der Waals surface area contributed by atoms with E-state index in [1.54, 1.807) is 60.7 Å². The molecule has 0 aliphatic heterocycles. The molecule has 0 atom stereocenters. The summed E-state index contributed by atoms with van der Waals surface area (Å²) < 4.78 is 26.8. The highest BCUT2D eigenvalue weighted by Gasteiger charge is 2.22. The second-order valence-corrected chi connectivity index (χ2v) is 9.28. The van der Waals surface area contributed by atoms with Crippen LogP contribution in [0.15, 0.2) is 82.6 Å². The summed E-state index contributed by atoms with van der Waals surface area (Å²) in [6.45, 7) is 1.91. The van der Waals surface area contributed by atoms with Crippen molar-refractivity contribution in [3.8, 4) is 11.3 Å². The maximum atomic E-state index is 13.4. The van der Waals surface area contributed by atoms with E-state index in [1.165, 1.54) is 0 Å². The molecule has 3 aromatic carbocycles. The molecule has 4 aromatic rings. The summed E-state index contributed by atoms with van der Waals surface area (Å²) >= 11 is 12.1. The highest BCUT2D eigenvalue weighted by molar-refractivity contribution is 7.91. The molecule has 0 unspecified atom stereocenters. The molecule has 0 spiro atoms. The molecule has 0 saturated carbocycles. The Morgan fingerprint density at radius 2 is 1.43 bits per heavy atom. The van der Waals surface area contributed by atoms with Crippen LogP contribution in [0.4, 0.5) is 0 Å². The second kappa shape index (κ2) is 7.21. The highest BCUT2D eigenvalue weighted by atomic mass is 35.5. The Kier molecular flexibility index (Phi) is 4.88. The van der Waals surface area contributed by atoms with Gasteiger partial charge >= 0.3 is 0 Å². The van der Waals surface area contributed by atoms with Crippen LogP contribution in [0.3, 0.4) is 0 Å². The van der Waals surface area contributed by atoms with Gasteiger partial charge in [0.05, 0.1) is 21.0 Å². The molecule has 28 heavy (non-hydrogen) atoms. The molecule has 1 heterocycles. The number of pyridine rings is 1. The van der Waals surface area contributed by atoms with E-state index in [4.69, 9.17) is 23.2 Å². The van der Waals surface area contributed by atoms with E-state index >= 15 is 0 Å². The van der Waals surface area contributed by atoms with Crippen molar-refractivity contribution in [2.75, 3.05) is 0 Å². The summed E-state index contributed by atoms with van der Waals surface area (Å²) in [5.74, 6) is 0. The topological polar surface area (TPSA) is 47.0 Å². The van der Waals surface area contributed by atoms with Crippen molar-refractivity contribution >= 4 is 43.9 Å². The van der Waals surface area contributed by atoms with Crippen LogP contribution in [-0.2, 0) is 9.84 Å². The molecule has 0 aliphatic rings. The van der Waals surface area contributed by atoms with E-state index in [9.17, 15) is 8.42 Å². The first kappa shape index (κ1) is 18.9. The van der Waals surface area contributed by atoms with Gasteiger partial charge in [-0.3, -0.25) is 0 Å². The third-order valence-corrected chi connectivity index (χ3v) is 6.79. The van der Waals surface area contributed by atoms with Crippen LogP contribution >= 0.6 is 23.2 Å². The molecule has 0 fully saturated rings. The minimum atomic E-state index is -3.76. The largest absolute Gasteiger partial charge is 0.248 e. The molecular formula is C22H15Cl2NO2S. The molecule has 3 nitrogen and oxygen atoms in total. The zero-order valence-electron chi connectivity index (χ0n) is 14.9. The van der Waals surface area contributed by atoms with Gasteiger partial charge in [-0.2, -0.15) is 0 Å². The summed E-state index contributed by atoms with van der Waals surface area (Å²) in [5.41, 5.74) is 2.88. The van der Waals surface area contributed by atoms with Gasteiger partial charge in [0.1, 0.15) is 0 Å². The zero-order valence-corrected chi connectivity index (χ0v) is 17.2. The predicted molar refractivity (Wildman–Crippen MR) is 114 cm³/mol. The fraction of sp³-hybridized carbons (Fsp3) is 0.0455. The third-order valence-electron chi connectivity index (χ3n) is 4.49. The van der Waals surface area contributed by atoms with Crippen molar-refractivity contribution < 1.29 is 8.42 Å². The van der Waals surface area contributed by atoms with Crippen LogP contribution in [-0.4, -0.2) is 13.4 Å². The number of aromatic nitrogens is 1. The Morgan fingerprint density at radius 1 is 0.786 bits per heavy atom. The molecule has 0 aliphatic carbocycles. The average molecular weight is 428 g/mol. The van der Waals surface area contributed by atoms with Crippen molar-refractivity contribution in [2.24, 2.45) is 0 Å². The quantitative estimate of drug-likeness (QED) is 0.382. The van der Waals surface area contributed by atoms with Gasteiger partial charge in [-0.05, 0) is 55.5 Å². The van der Waals surface area contributed by atoms with E-state index in [0.717, 1.165) is 11.1 Å². The lowest BCUT2D eigenvalue weighted by Crippen LogP contribution is -2.04. The Bertz CT molecular complexity index is 1280. The van der Waals surface area contributed by atoms with Crippen LogP contribution in [0.25, 0.3) is 22.2 Å². The Labute approximate surface area is 173 Å². The summed E-state index contributed by atoms with van der Waals surface area (Å²) in [7, 11) is -3.76. The van der Waals surface area contributed by atoms with E-state index in [2.05, 4.69) is 4.98 Å². The molecule has 140 valence electrons. The lowest BCUT2D eigenvalue weighted by Gasteiger charge is -2.12. The maximum Gasteiger partial charge on any atom is 0.207 e. The predicted octanol–water partition coefficient (Wildman–Crippen LogP) is 6.35. The monoisotopic (exact) mass is 427 g/mol.